The van der Waals surface area contributed by atoms with Crippen LogP contribution in [0.3, 0.4) is 0 Å². The van der Waals surface area contributed by atoms with Gasteiger partial charge in [0.2, 0.25) is 0 Å². The van der Waals surface area contributed by atoms with Gasteiger partial charge in [-0.05, 0) is 31.9 Å². The van der Waals surface area contributed by atoms with Crippen LogP contribution in [0.15, 0.2) is 108 Å². The molecule has 28 heavy (non-hydrogen) atoms. The number of hydrogen-bond acceptors (Lipinski definition) is 2. The highest BCUT2D eigenvalue weighted by molar-refractivity contribution is 5.94. The van der Waals surface area contributed by atoms with Gasteiger partial charge in [0.15, 0.2) is 0 Å². The van der Waals surface area contributed by atoms with Gasteiger partial charge in [-0.15, -0.1) is 0 Å². The molecule has 0 aliphatic heterocycles. The van der Waals surface area contributed by atoms with Gasteiger partial charge in [-0.1, -0.05) is 85.5 Å². The van der Waals surface area contributed by atoms with E-state index < -0.39 is 0 Å². The first-order valence-corrected chi connectivity index (χ1v) is 9.23. The van der Waals surface area contributed by atoms with Crippen LogP contribution in [0.4, 0.5) is 0 Å². The molecule has 1 aliphatic rings. The molecule has 0 bridgehead atoms. The van der Waals surface area contributed by atoms with E-state index in [1.165, 1.54) is 0 Å². The Morgan fingerprint density at radius 2 is 1.89 bits per heavy atom. The maximum absolute atomic E-state index is 12.3. The van der Waals surface area contributed by atoms with Crippen LogP contribution < -0.4 is 5.32 Å². The topological polar surface area (TPSA) is 38.3 Å². The third-order valence-corrected chi connectivity index (χ3v) is 4.24. The lowest BCUT2D eigenvalue weighted by atomic mass is 10.2. The molecule has 1 aliphatic carbocycles. The summed E-state index contributed by atoms with van der Waals surface area (Å²) in [6.07, 6.45) is 14.0. The zero-order chi connectivity index (χ0) is 20.4. The van der Waals surface area contributed by atoms with Crippen LogP contribution in [0, 0.1) is 0 Å². The molecule has 1 aromatic carbocycles. The zero-order valence-electron chi connectivity index (χ0n) is 16.6. The largest absolute Gasteiger partial charge is 0.489 e. The Kier molecular flexibility index (Phi) is 8.04. The van der Waals surface area contributed by atoms with E-state index in [2.05, 4.69) is 24.6 Å². The predicted molar refractivity (Wildman–Crippen MR) is 117 cm³/mol. The normalized spacial score (nSPS) is 14.5. The molecule has 1 N–H and O–H groups in total. The summed E-state index contributed by atoms with van der Waals surface area (Å²) in [6.45, 7) is 11.8. The third kappa shape index (κ3) is 6.76. The van der Waals surface area contributed by atoms with E-state index in [0.717, 1.165) is 28.8 Å². The molecule has 0 saturated carbocycles. The summed E-state index contributed by atoms with van der Waals surface area (Å²) >= 11 is 0. The minimum atomic E-state index is -0.124. The van der Waals surface area contributed by atoms with Gasteiger partial charge in [-0.2, -0.15) is 0 Å². The highest BCUT2D eigenvalue weighted by atomic mass is 16.5. The van der Waals surface area contributed by atoms with Crippen molar-refractivity contribution < 1.29 is 9.53 Å². The first-order valence-electron chi connectivity index (χ1n) is 9.23. The van der Waals surface area contributed by atoms with Crippen LogP contribution in [-0.2, 0) is 9.53 Å². The number of carbonyl (C=O) groups excluding carboxylic acids is 1. The Labute approximate surface area is 167 Å². The molecule has 0 fully saturated rings. The molecule has 0 radical (unpaired) electrons. The smallest absolute Gasteiger partial charge is 0.251 e. The van der Waals surface area contributed by atoms with E-state index in [0.29, 0.717) is 17.9 Å². The Balaban J connectivity index is 1.89. The second-order valence-electron chi connectivity index (χ2n) is 6.50. The van der Waals surface area contributed by atoms with Crippen LogP contribution >= 0.6 is 0 Å². The van der Waals surface area contributed by atoms with E-state index in [4.69, 9.17) is 4.74 Å². The highest BCUT2D eigenvalue weighted by Crippen LogP contribution is 2.16. The minimum Gasteiger partial charge on any atom is -0.489 e. The number of amides is 1. The first kappa shape index (κ1) is 21.0. The van der Waals surface area contributed by atoms with Crippen LogP contribution in [0.5, 0.6) is 0 Å². The molecule has 1 aromatic rings. The Bertz CT molecular complexity index is 880. The van der Waals surface area contributed by atoms with Gasteiger partial charge in [0.25, 0.3) is 5.91 Å². The maximum atomic E-state index is 12.3. The van der Waals surface area contributed by atoms with Gasteiger partial charge in [0.05, 0.1) is 0 Å². The third-order valence-electron chi connectivity index (χ3n) is 4.24. The Morgan fingerprint density at radius 3 is 2.61 bits per heavy atom. The number of nitrogens with one attached hydrogen (secondary N) is 1. The summed E-state index contributed by atoms with van der Waals surface area (Å²) in [5.74, 6) is 0.519. The molecule has 1 amide bonds. The number of carbonyl (C=O) groups is 1. The molecule has 0 atom stereocenters. The SMILES string of the molecule is C=C/C(C)=C\C=C(/C)C(=O)NC1=CCC=C(COC(=C)c2ccccc2)C=C1. The molecule has 0 saturated heterocycles. The van der Waals surface area contributed by atoms with Gasteiger partial charge in [-0.3, -0.25) is 4.79 Å². The lowest BCUT2D eigenvalue weighted by molar-refractivity contribution is -0.116. The van der Waals surface area contributed by atoms with Crippen molar-refractivity contribution >= 4 is 11.7 Å². The minimum absolute atomic E-state index is 0.124. The summed E-state index contributed by atoms with van der Waals surface area (Å²) in [7, 11) is 0. The molecule has 0 heterocycles. The lowest BCUT2D eigenvalue weighted by Gasteiger charge is -2.09. The molecule has 3 heteroatoms. The number of rotatable bonds is 8. The molecule has 0 spiro atoms. The van der Waals surface area contributed by atoms with Crippen LogP contribution in [-0.4, -0.2) is 12.5 Å². The van der Waals surface area contributed by atoms with Crippen molar-refractivity contribution in [2.75, 3.05) is 6.61 Å². The summed E-state index contributed by atoms with van der Waals surface area (Å²) in [6, 6.07) is 9.81. The van der Waals surface area contributed by atoms with Crippen molar-refractivity contribution in [2.45, 2.75) is 20.3 Å². The monoisotopic (exact) mass is 373 g/mol. The highest BCUT2D eigenvalue weighted by Gasteiger charge is 2.07. The van der Waals surface area contributed by atoms with Crippen LogP contribution in [0.25, 0.3) is 5.76 Å². The fraction of sp³-hybridized carbons (Fsp3) is 0.160. The fourth-order valence-corrected chi connectivity index (χ4v) is 2.38. The van der Waals surface area contributed by atoms with Gasteiger partial charge in [-0.25, -0.2) is 0 Å². The second-order valence-corrected chi connectivity index (χ2v) is 6.50. The van der Waals surface area contributed by atoms with E-state index in [1.54, 1.807) is 19.1 Å². The van der Waals surface area contributed by atoms with Crippen molar-refractivity contribution in [3.63, 3.8) is 0 Å². The van der Waals surface area contributed by atoms with Crippen LogP contribution in [0.2, 0.25) is 0 Å². The van der Waals surface area contributed by atoms with Gasteiger partial charge in [0, 0.05) is 16.8 Å². The summed E-state index contributed by atoms with van der Waals surface area (Å²) in [4.78, 5) is 12.3. The molecule has 2 rings (SSSR count). The number of allylic oxidation sites excluding steroid dienone is 7. The molecule has 0 unspecified atom stereocenters. The Hall–Kier alpha value is -3.33. The second kappa shape index (κ2) is 10.7. The lowest BCUT2D eigenvalue weighted by Crippen LogP contribution is -2.22. The molecule has 144 valence electrons. The standard InChI is InChI=1S/C25H27NO2/c1-5-19(2)14-15-20(3)25(27)26-24-13-9-10-22(16-17-24)18-28-21(4)23-11-7-6-8-12-23/h5-8,10-17H,1,4,9,18H2,2-3H3,(H,26,27)/b19-14-,20-15+. The first-order chi connectivity index (χ1) is 13.5. The van der Waals surface area contributed by atoms with E-state index in [-0.39, 0.29) is 5.91 Å². The predicted octanol–water partition coefficient (Wildman–Crippen LogP) is 5.64. The van der Waals surface area contributed by atoms with E-state index >= 15 is 0 Å². The molecular weight excluding hydrogens is 346 g/mol. The summed E-state index contributed by atoms with van der Waals surface area (Å²) in [5.41, 5.74) is 4.42. The van der Waals surface area contributed by atoms with Crippen molar-refractivity contribution in [3.05, 3.63) is 114 Å². The maximum Gasteiger partial charge on any atom is 0.251 e. The Morgan fingerprint density at radius 1 is 1.14 bits per heavy atom. The summed E-state index contributed by atoms with van der Waals surface area (Å²) in [5, 5.41) is 2.93. The molecule has 0 aromatic heterocycles. The van der Waals surface area contributed by atoms with E-state index in [9.17, 15) is 4.79 Å². The summed E-state index contributed by atoms with van der Waals surface area (Å²) < 4.78 is 5.79. The quantitative estimate of drug-likeness (QED) is 0.364. The molecule has 3 nitrogen and oxygen atoms in total. The van der Waals surface area contributed by atoms with E-state index in [1.807, 2.05) is 61.6 Å². The van der Waals surface area contributed by atoms with Gasteiger partial charge < -0.3 is 10.1 Å². The van der Waals surface area contributed by atoms with Crippen LogP contribution in [0.1, 0.15) is 25.8 Å². The fourth-order valence-electron chi connectivity index (χ4n) is 2.38. The average molecular weight is 373 g/mol. The number of ether oxygens (including phenoxy) is 1. The van der Waals surface area contributed by atoms with Crippen molar-refractivity contribution in [1.29, 1.82) is 0 Å². The number of hydrogen-bond donors (Lipinski definition) is 1. The van der Waals surface area contributed by atoms with Gasteiger partial charge >= 0.3 is 0 Å². The average Bonchev–Trinajstić information content (AvgIpc) is 2.95. The van der Waals surface area contributed by atoms with Gasteiger partial charge in [0.1, 0.15) is 12.4 Å². The van der Waals surface area contributed by atoms with Crippen molar-refractivity contribution in [2.24, 2.45) is 0 Å². The van der Waals surface area contributed by atoms with Crippen molar-refractivity contribution in [1.82, 2.24) is 5.32 Å². The number of benzene rings is 1. The zero-order valence-corrected chi connectivity index (χ0v) is 16.6. The van der Waals surface area contributed by atoms with Crippen molar-refractivity contribution in [3.8, 4) is 0 Å². The molecular formula is C25H27NO2.